The van der Waals surface area contributed by atoms with Gasteiger partial charge in [0.1, 0.15) is 5.56 Å². The number of aromatic nitrogens is 1. The van der Waals surface area contributed by atoms with Gasteiger partial charge in [-0.25, -0.2) is 9.78 Å². The number of fused-ring (bicyclic) bond motifs is 3. The van der Waals surface area contributed by atoms with Crippen molar-refractivity contribution in [3.8, 4) is 5.75 Å². The van der Waals surface area contributed by atoms with E-state index < -0.39 is 5.97 Å². The number of nitrogens with zero attached hydrogens (tertiary/aromatic N) is 1. The maximum Gasteiger partial charge on any atom is 0.340 e. The van der Waals surface area contributed by atoms with Gasteiger partial charge in [-0.3, -0.25) is 0 Å². The second-order valence-electron chi connectivity index (χ2n) is 8.24. The summed E-state index contributed by atoms with van der Waals surface area (Å²) in [5, 5.41) is 21.5. The van der Waals surface area contributed by atoms with Crippen molar-refractivity contribution in [2.45, 2.75) is 50.9 Å². The highest BCUT2D eigenvalue weighted by atomic mass is 16.4. The normalized spacial score (nSPS) is 17.3. The Labute approximate surface area is 163 Å². The third kappa shape index (κ3) is 2.44. The van der Waals surface area contributed by atoms with Crippen molar-refractivity contribution in [2.24, 2.45) is 0 Å². The molecular formula is C24H23NO3. The monoisotopic (exact) mass is 373 g/mol. The highest BCUT2D eigenvalue weighted by Gasteiger charge is 2.50. The smallest absolute Gasteiger partial charge is 0.340 e. The Kier molecular flexibility index (Phi) is 3.73. The Morgan fingerprint density at radius 3 is 2.43 bits per heavy atom. The first-order valence-corrected chi connectivity index (χ1v) is 9.99. The molecule has 0 amide bonds. The number of carboxylic acids is 1. The van der Waals surface area contributed by atoms with Crippen LogP contribution in [0.1, 0.15) is 64.0 Å². The van der Waals surface area contributed by atoms with E-state index in [1.807, 2.05) is 19.1 Å². The minimum atomic E-state index is -1.10. The predicted molar refractivity (Wildman–Crippen MR) is 108 cm³/mol. The summed E-state index contributed by atoms with van der Waals surface area (Å²) in [5.74, 6) is -1.27. The van der Waals surface area contributed by atoms with Crippen LogP contribution in [-0.4, -0.2) is 21.2 Å². The summed E-state index contributed by atoms with van der Waals surface area (Å²) in [4.78, 5) is 17.0. The van der Waals surface area contributed by atoms with Gasteiger partial charge in [-0.2, -0.15) is 0 Å². The number of rotatable bonds is 3. The first-order chi connectivity index (χ1) is 13.5. The second-order valence-corrected chi connectivity index (χ2v) is 8.24. The summed E-state index contributed by atoms with van der Waals surface area (Å²) < 4.78 is 0. The van der Waals surface area contributed by atoms with Gasteiger partial charge in [-0.05, 0) is 62.1 Å². The number of benzene rings is 2. The molecule has 0 spiro atoms. The molecule has 2 aliphatic carbocycles. The van der Waals surface area contributed by atoms with Crippen LogP contribution in [0.15, 0.2) is 36.4 Å². The molecule has 4 heteroatoms. The van der Waals surface area contributed by atoms with Crippen LogP contribution in [-0.2, 0) is 18.3 Å². The van der Waals surface area contributed by atoms with Gasteiger partial charge < -0.3 is 10.2 Å². The van der Waals surface area contributed by atoms with Crippen molar-refractivity contribution in [3.63, 3.8) is 0 Å². The Morgan fingerprint density at radius 2 is 1.75 bits per heavy atom. The van der Waals surface area contributed by atoms with Crippen molar-refractivity contribution in [1.29, 1.82) is 0 Å². The lowest BCUT2D eigenvalue weighted by Gasteiger charge is -2.22. The Balaban J connectivity index is 1.81. The Morgan fingerprint density at radius 1 is 1.04 bits per heavy atom. The fourth-order valence-electron chi connectivity index (χ4n) is 4.76. The molecule has 28 heavy (non-hydrogen) atoms. The molecule has 3 aromatic rings. The second kappa shape index (κ2) is 6.06. The molecule has 0 bridgehead atoms. The van der Waals surface area contributed by atoms with Crippen LogP contribution >= 0.6 is 0 Å². The van der Waals surface area contributed by atoms with Crippen LogP contribution in [0.2, 0.25) is 0 Å². The molecule has 0 unspecified atom stereocenters. The highest BCUT2D eigenvalue weighted by molar-refractivity contribution is 6.06. The first-order valence-electron chi connectivity index (χ1n) is 9.99. The zero-order valence-electron chi connectivity index (χ0n) is 16.0. The predicted octanol–water partition coefficient (Wildman–Crippen LogP) is 4.91. The molecule has 0 radical (unpaired) electrons. The molecule has 142 valence electrons. The van der Waals surface area contributed by atoms with Crippen molar-refractivity contribution in [2.75, 3.05) is 0 Å². The van der Waals surface area contributed by atoms with E-state index in [1.54, 1.807) is 0 Å². The summed E-state index contributed by atoms with van der Waals surface area (Å²) in [6.45, 7) is 2.05. The quantitative estimate of drug-likeness (QED) is 0.685. The number of carboxylic acid groups (broad SMARTS) is 1. The van der Waals surface area contributed by atoms with Gasteiger partial charge in [-0.1, -0.05) is 42.0 Å². The van der Waals surface area contributed by atoms with Gasteiger partial charge in [0.25, 0.3) is 0 Å². The number of aromatic carboxylic acids is 1. The molecule has 4 nitrogen and oxygen atoms in total. The molecule has 1 saturated carbocycles. The average Bonchev–Trinajstić information content (AvgIpc) is 3.49. The van der Waals surface area contributed by atoms with Crippen LogP contribution in [0.25, 0.3) is 10.9 Å². The van der Waals surface area contributed by atoms with Gasteiger partial charge in [-0.15, -0.1) is 0 Å². The van der Waals surface area contributed by atoms with Crippen LogP contribution in [0.5, 0.6) is 5.75 Å². The minimum absolute atomic E-state index is 0.00763. The van der Waals surface area contributed by atoms with E-state index >= 15 is 0 Å². The van der Waals surface area contributed by atoms with Crippen molar-refractivity contribution in [3.05, 3.63) is 69.9 Å². The van der Waals surface area contributed by atoms with Gasteiger partial charge in [0.05, 0.1) is 11.2 Å². The van der Waals surface area contributed by atoms with Crippen molar-refractivity contribution < 1.29 is 15.0 Å². The van der Waals surface area contributed by atoms with E-state index in [9.17, 15) is 15.0 Å². The summed E-state index contributed by atoms with van der Waals surface area (Å²) in [5.41, 5.74) is 5.60. The third-order valence-corrected chi connectivity index (χ3v) is 6.48. The summed E-state index contributed by atoms with van der Waals surface area (Å²) in [6.07, 6.45) is 5.92. The summed E-state index contributed by atoms with van der Waals surface area (Å²) >= 11 is 0. The zero-order chi connectivity index (χ0) is 19.5. The van der Waals surface area contributed by atoms with Gasteiger partial charge in [0.2, 0.25) is 0 Å². The molecule has 0 atom stereocenters. The van der Waals surface area contributed by atoms with Crippen LogP contribution in [0.4, 0.5) is 0 Å². The molecule has 2 aromatic carbocycles. The molecular weight excluding hydrogens is 350 g/mol. The standard InChI is InChI=1S/C24H23NO3/c1-14-6-9-16(10-7-14)24(12-13-24)22-21(26)19(23(27)28)18-11-8-15-4-2-3-5-17(15)20(18)25-22/h6-11,26H,2-5,12-13H2,1H3,(H,27,28). The van der Waals surface area contributed by atoms with Crippen LogP contribution < -0.4 is 0 Å². The fourth-order valence-corrected chi connectivity index (χ4v) is 4.76. The summed E-state index contributed by atoms with van der Waals surface area (Å²) in [6, 6.07) is 12.1. The Bertz CT molecular complexity index is 1110. The van der Waals surface area contributed by atoms with E-state index in [4.69, 9.17) is 4.98 Å². The molecule has 1 aromatic heterocycles. The third-order valence-electron chi connectivity index (χ3n) is 6.48. The van der Waals surface area contributed by atoms with Crippen LogP contribution in [0, 0.1) is 6.92 Å². The minimum Gasteiger partial charge on any atom is -0.505 e. The van der Waals surface area contributed by atoms with Gasteiger partial charge >= 0.3 is 5.97 Å². The first kappa shape index (κ1) is 17.2. The summed E-state index contributed by atoms with van der Waals surface area (Å²) in [7, 11) is 0. The number of hydrogen-bond donors (Lipinski definition) is 2. The molecule has 0 saturated heterocycles. The molecule has 5 rings (SSSR count). The van der Waals surface area contributed by atoms with E-state index in [2.05, 4.69) is 24.3 Å². The Hall–Kier alpha value is -2.88. The van der Waals surface area contributed by atoms with E-state index in [0.717, 1.165) is 55.2 Å². The number of hydrogen-bond acceptors (Lipinski definition) is 3. The topological polar surface area (TPSA) is 70.4 Å². The highest BCUT2D eigenvalue weighted by Crippen LogP contribution is 2.56. The molecule has 1 heterocycles. The van der Waals surface area contributed by atoms with E-state index in [-0.39, 0.29) is 16.7 Å². The zero-order valence-corrected chi connectivity index (χ0v) is 16.0. The maximum absolute atomic E-state index is 12.1. The lowest BCUT2D eigenvalue weighted by molar-refractivity contribution is 0.0695. The lowest BCUT2D eigenvalue weighted by atomic mass is 9.86. The van der Waals surface area contributed by atoms with Gasteiger partial charge in [0, 0.05) is 10.8 Å². The molecule has 0 aliphatic heterocycles. The van der Waals surface area contributed by atoms with Crippen molar-refractivity contribution in [1.82, 2.24) is 4.98 Å². The molecule has 2 N–H and O–H groups in total. The fraction of sp³-hybridized carbons (Fsp3) is 0.333. The van der Waals surface area contributed by atoms with Gasteiger partial charge in [0.15, 0.2) is 5.75 Å². The number of pyridine rings is 1. The van der Waals surface area contributed by atoms with Crippen LogP contribution in [0.3, 0.4) is 0 Å². The molecule has 1 fully saturated rings. The number of aryl methyl sites for hydroxylation is 3. The average molecular weight is 373 g/mol. The number of carbonyl (C=O) groups is 1. The lowest BCUT2D eigenvalue weighted by Crippen LogP contribution is -2.15. The SMILES string of the molecule is Cc1ccc(C2(c3nc4c5c(ccc4c(C(=O)O)c3O)CCCC5)CC2)cc1. The van der Waals surface area contributed by atoms with E-state index in [1.165, 1.54) is 11.1 Å². The van der Waals surface area contributed by atoms with Crippen molar-refractivity contribution >= 4 is 16.9 Å². The maximum atomic E-state index is 12.1. The molecule has 2 aliphatic rings. The van der Waals surface area contributed by atoms with E-state index in [0.29, 0.717) is 11.1 Å². The largest absolute Gasteiger partial charge is 0.505 e. The number of aromatic hydroxyl groups is 1.